The van der Waals surface area contributed by atoms with Gasteiger partial charge >= 0.3 is 0 Å². The quantitative estimate of drug-likeness (QED) is 0.117. The Kier molecular flexibility index (Phi) is 9.92. The molecule has 4 rings (SSSR count). The lowest BCUT2D eigenvalue weighted by Crippen LogP contribution is -2.25. The highest BCUT2D eigenvalue weighted by molar-refractivity contribution is 9.12. The van der Waals surface area contributed by atoms with Crippen LogP contribution in [0.1, 0.15) is 48.5 Å². The maximum Gasteiger partial charge on any atom is 0.291 e. The maximum atomic E-state index is 13.1. The van der Waals surface area contributed by atoms with Crippen LogP contribution in [0.3, 0.4) is 0 Å². The van der Waals surface area contributed by atoms with Crippen molar-refractivity contribution in [2.45, 2.75) is 6.42 Å². The molecular formula is C29H30BrN11O5. The van der Waals surface area contributed by atoms with Crippen LogP contribution in [0.5, 0.6) is 0 Å². The number of nitrogens with one attached hydrogen (secondary N) is 5. The SMILES string of the molecule is C=C(Br)C(=O)Nc1cn(C)c(C(=O)Nc2cc(C(=O)Nc3cc(C(=O)Nc4cc(C(=O)NCCC#N)n(C)c4)n(C)c3)n(C)c2)n1. The lowest BCUT2D eigenvalue weighted by Gasteiger charge is -2.03. The number of nitrogens with zero attached hydrogens (tertiary/aromatic N) is 6. The van der Waals surface area contributed by atoms with Crippen molar-refractivity contribution in [1.29, 1.82) is 5.26 Å². The van der Waals surface area contributed by atoms with E-state index in [1.807, 2.05) is 6.07 Å². The van der Waals surface area contributed by atoms with Crippen LogP contribution in [0.25, 0.3) is 0 Å². The van der Waals surface area contributed by atoms with Crippen molar-refractivity contribution in [3.8, 4) is 6.07 Å². The van der Waals surface area contributed by atoms with Crippen molar-refractivity contribution in [3.05, 3.63) is 77.0 Å². The van der Waals surface area contributed by atoms with Gasteiger partial charge in [-0.15, -0.1) is 0 Å². The third-order valence-electron chi connectivity index (χ3n) is 6.58. The minimum atomic E-state index is -0.567. The van der Waals surface area contributed by atoms with Crippen molar-refractivity contribution in [1.82, 2.24) is 28.6 Å². The molecule has 5 amide bonds. The Hall–Kier alpha value is -5.89. The lowest BCUT2D eigenvalue weighted by atomic mass is 10.3. The Morgan fingerprint density at radius 1 is 0.739 bits per heavy atom. The number of aromatic nitrogens is 5. The monoisotopic (exact) mass is 691 g/mol. The zero-order valence-corrected chi connectivity index (χ0v) is 26.9. The fourth-order valence-corrected chi connectivity index (χ4v) is 4.50. The van der Waals surface area contributed by atoms with E-state index in [9.17, 15) is 24.0 Å². The summed E-state index contributed by atoms with van der Waals surface area (Å²) >= 11 is 2.98. The number of rotatable bonds is 11. The Morgan fingerprint density at radius 3 is 1.65 bits per heavy atom. The van der Waals surface area contributed by atoms with Crippen LogP contribution in [-0.4, -0.2) is 59.3 Å². The summed E-state index contributed by atoms with van der Waals surface area (Å²) in [5.41, 5.74) is 1.84. The van der Waals surface area contributed by atoms with Crippen molar-refractivity contribution in [3.63, 3.8) is 0 Å². The summed E-state index contributed by atoms with van der Waals surface area (Å²) in [7, 11) is 6.53. The first-order chi connectivity index (χ1) is 21.8. The highest BCUT2D eigenvalue weighted by atomic mass is 79.9. The minimum Gasteiger partial charge on any atom is -0.350 e. The molecule has 0 unspecified atom stereocenters. The Bertz CT molecular complexity index is 1920. The van der Waals surface area contributed by atoms with E-state index in [0.29, 0.717) is 22.8 Å². The predicted octanol–water partition coefficient (Wildman–Crippen LogP) is 2.68. The van der Waals surface area contributed by atoms with Crippen molar-refractivity contribution < 1.29 is 24.0 Å². The normalized spacial score (nSPS) is 10.5. The number of amides is 5. The van der Waals surface area contributed by atoms with Gasteiger partial charge in [-0.1, -0.05) is 6.58 Å². The van der Waals surface area contributed by atoms with Gasteiger partial charge in [-0.05, 0) is 34.1 Å². The topological polar surface area (TPSA) is 202 Å². The molecule has 0 saturated heterocycles. The number of hydrogen-bond donors (Lipinski definition) is 5. The van der Waals surface area contributed by atoms with Gasteiger partial charge in [0.15, 0.2) is 5.82 Å². The van der Waals surface area contributed by atoms with Gasteiger partial charge in [0.25, 0.3) is 29.5 Å². The van der Waals surface area contributed by atoms with Crippen LogP contribution < -0.4 is 26.6 Å². The zero-order chi connectivity index (χ0) is 33.7. The largest absolute Gasteiger partial charge is 0.350 e. The average Bonchev–Trinajstić information content (AvgIpc) is 3.74. The molecule has 5 N–H and O–H groups in total. The molecule has 0 atom stereocenters. The molecule has 238 valence electrons. The molecule has 0 bridgehead atoms. The van der Waals surface area contributed by atoms with Crippen molar-refractivity contribution >= 4 is 68.3 Å². The van der Waals surface area contributed by atoms with E-state index in [0.717, 1.165) is 0 Å². The molecule has 0 saturated carbocycles. The highest BCUT2D eigenvalue weighted by Gasteiger charge is 2.20. The number of imidazole rings is 1. The molecule has 4 aromatic heterocycles. The smallest absolute Gasteiger partial charge is 0.291 e. The van der Waals surface area contributed by atoms with Crippen LogP contribution in [0.15, 0.2) is 54.0 Å². The van der Waals surface area contributed by atoms with E-state index in [1.165, 1.54) is 38.1 Å². The molecular weight excluding hydrogens is 662 g/mol. The van der Waals surface area contributed by atoms with E-state index in [2.05, 4.69) is 54.1 Å². The summed E-state index contributed by atoms with van der Waals surface area (Å²) in [5.74, 6) is -2.23. The lowest BCUT2D eigenvalue weighted by molar-refractivity contribution is -0.112. The first kappa shape index (κ1) is 33.0. The fourth-order valence-electron chi connectivity index (χ4n) is 4.40. The molecule has 0 fully saturated rings. The summed E-state index contributed by atoms with van der Waals surface area (Å²) in [6.45, 7) is 3.70. The number of aryl methyl sites for hydroxylation is 4. The van der Waals surface area contributed by atoms with E-state index in [1.54, 1.807) is 51.3 Å². The van der Waals surface area contributed by atoms with Gasteiger partial charge in [0.05, 0.1) is 34.0 Å². The van der Waals surface area contributed by atoms with Crippen LogP contribution in [0.2, 0.25) is 0 Å². The molecule has 0 spiro atoms. The van der Waals surface area contributed by atoms with Crippen molar-refractivity contribution in [2.75, 3.05) is 27.8 Å². The molecule has 4 aromatic rings. The second-order valence-corrected chi connectivity index (χ2v) is 11.1. The van der Waals surface area contributed by atoms with Gasteiger partial charge in [0.1, 0.15) is 17.1 Å². The van der Waals surface area contributed by atoms with Crippen LogP contribution in [0, 0.1) is 11.3 Å². The molecule has 4 heterocycles. The standard InChI is InChI=1S/C29H30BrN11O5/c1-16(30)25(42)37-23-15-41(5)24(36-23)29(46)35-19-11-22(40(4)14-19)28(45)34-18-10-21(39(3)13-18)27(44)33-17-9-20(38(2)12-17)26(43)32-8-6-7-31/h9-15H,1,6,8H2,2-5H3,(H,32,43)(H,33,44)(H,34,45)(H,35,46)(H,37,42). The second-order valence-electron chi connectivity index (χ2n) is 10.1. The Morgan fingerprint density at radius 2 is 1.20 bits per heavy atom. The van der Waals surface area contributed by atoms with E-state index in [-0.39, 0.29) is 46.4 Å². The molecule has 0 aliphatic carbocycles. The summed E-state index contributed by atoms with van der Waals surface area (Å²) in [5, 5.41) is 22.0. The Balaban J connectivity index is 1.39. The molecule has 0 radical (unpaired) electrons. The van der Waals surface area contributed by atoms with Gasteiger partial charge in [-0.25, -0.2) is 4.98 Å². The maximum absolute atomic E-state index is 13.1. The van der Waals surface area contributed by atoms with Gasteiger partial charge in [-0.3, -0.25) is 24.0 Å². The van der Waals surface area contributed by atoms with E-state index in [4.69, 9.17) is 5.26 Å². The molecule has 17 heteroatoms. The molecule has 0 aliphatic rings. The third-order valence-corrected chi connectivity index (χ3v) is 6.94. The summed E-state index contributed by atoms with van der Waals surface area (Å²) < 4.78 is 6.16. The summed E-state index contributed by atoms with van der Waals surface area (Å²) in [4.78, 5) is 67.3. The van der Waals surface area contributed by atoms with E-state index < -0.39 is 23.6 Å². The number of carbonyl (C=O) groups is 5. The second kappa shape index (κ2) is 13.8. The first-order valence-electron chi connectivity index (χ1n) is 13.5. The predicted molar refractivity (Wildman–Crippen MR) is 173 cm³/mol. The van der Waals surface area contributed by atoms with Crippen molar-refractivity contribution in [2.24, 2.45) is 28.2 Å². The highest BCUT2D eigenvalue weighted by Crippen LogP contribution is 2.20. The number of hydrogen-bond acceptors (Lipinski definition) is 7. The molecule has 16 nitrogen and oxygen atoms in total. The summed E-state index contributed by atoms with van der Waals surface area (Å²) in [6.07, 6.45) is 6.35. The van der Waals surface area contributed by atoms with Gasteiger partial charge in [0.2, 0.25) is 5.82 Å². The van der Waals surface area contributed by atoms with Gasteiger partial charge in [0, 0.05) is 59.5 Å². The van der Waals surface area contributed by atoms with Crippen LogP contribution in [-0.2, 0) is 33.0 Å². The minimum absolute atomic E-state index is 0.0195. The molecule has 0 aliphatic heterocycles. The molecule has 0 aromatic carbocycles. The van der Waals surface area contributed by atoms with Gasteiger partial charge < -0.3 is 44.9 Å². The van der Waals surface area contributed by atoms with Crippen LogP contribution >= 0.6 is 15.9 Å². The molecule has 46 heavy (non-hydrogen) atoms. The zero-order valence-electron chi connectivity index (χ0n) is 25.3. The summed E-state index contributed by atoms with van der Waals surface area (Å²) in [6, 6.07) is 6.45. The van der Waals surface area contributed by atoms with Crippen LogP contribution in [0.4, 0.5) is 22.9 Å². The average molecular weight is 693 g/mol. The van der Waals surface area contributed by atoms with E-state index >= 15 is 0 Å². The fraction of sp³-hybridized carbons (Fsp3) is 0.207. The number of nitriles is 1. The third kappa shape index (κ3) is 7.60. The number of halogens is 1. The first-order valence-corrected chi connectivity index (χ1v) is 14.3. The number of carbonyl (C=O) groups excluding carboxylic acids is 5. The number of anilines is 4. The van der Waals surface area contributed by atoms with Gasteiger partial charge in [-0.2, -0.15) is 5.26 Å². The Labute approximate surface area is 271 Å².